The molecular weight excluding hydrogens is 260 g/mol. The van der Waals surface area contributed by atoms with E-state index in [2.05, 4.69) is 10.2 Å². The maximum absolute atomic E-state index is 5.43. The van der Waals surface area contributed by atoms with Gasteiger partial charge in [-0.1, -0.05) is 6.07 Å². The molecule has 0 unspecified atom stereocenters. The van der Waals surface area contributed by atoms with Gasteiger partial charge in [-0.3, -0.25) is 0 Å². The summed E-state index contributed by atoms with van der Waals surface area (Å²) in [5.41, 5.74) is 1.16. The lowest BCUT2D eigenvalue weighted by molar-refractivity contribution is 0.174. The molecule has 0 amide bonds. The van der Waals surface area contributed by atoms with Gasteiger partial charge >= 0.3 is 0 Å². The molecule has 2 aliphatic rings. The molecular formula is C14H18N2O2S. The number of benzene rings is 1. The molecule has 0 aromatic heterocycles. The Morgan fingerprint density at radius 2 is 1.95 bits per heavy atom. The number of piperidine rings is 1. The quantitative estimate of drug-likeness (QED) is 0.839. The van der Waals surface area contributed by atoms with Crippen molar-refractivity contribution in [1.82, 2.24) is 10.2 Å². The molecule has 1 fully saturated rings. The summed E-state index contributed by atoms with van der Waals surface area (Å²) in [7, 11) is 0. The summed E-state index contributed by atoms with van der Waals surface area (Å²) in [6, 6.07) is 6.00. The molecule has 102 valence electrons. The van der Waals surface area contributed by atoms with Crippen molar-refractivity contribution in [3.05, 3.63) is 23.8 Å². The Balaban J connectivity index is 1.55. The van der Waals surface area contributed by atoms with E-state index in [0.717, 1.165) is 41.8 Å². The number of likely N-dealkylation sites (tertiary alicyclic amines) is 1. The summed E-state index contributed by atoms with van der Waals surface area (Å²) in [6.45, 7) is 3.20. The standard InChI is InChI=1S/C14H18N2O2S/c19-14(16-6-2-1-3-7-16)15-9-11-4-5-12-13(8-11)18-10-17-12/h4-5,8H,1-3,6-7,9-10H2,(H,15,19). The zero-order chi connectivity index (χ0) is 13.1. The number of nitrogens with zero attached hydrogens (tertiary/aromatic N) is 1. The van der Waals surface area contributed by atoms with Crippen LogP contribution in [-0.4, -0.2) is 29.9 Å². The number of nitrogens with one attached hydrogen (secondary N) is 1. The lowest BCUT2D eigenvalue weighted by atomic mass is 10.1. The van der Waals surface area contributed by atoms with E-state index in [1.54, 1.807) is 0 Å². The van der Waals surface area contributed by atoms with Crippen LogP contribution in [0.3, 0.4) is 0 Å². The van der Waals surface area contributed by atoms with Crippen molar-refractivity contribution in [3.63, 3.8) is 0 Å². The fourth-order valence-corrected chi connectivity index (χ4v) is 2.69. The first-order chi connectivity index (χ1) is 9.33. The Labute approximate surface area is 118 Å². The summed E-state index contributed by atoms with van der Waals surface area (Å²) < 4.78 is 10.7. The molecule has 0 bridgehead atoms. The highest BCUT2D eigenvalue weighted by Crippen LogP contribution is 2.32. The minimum Gasteiger partial charge on any atom is -0.454 e. The van der Waals surface area contributed by atoms with Crippen molar-refractivity contribution in [2.45, 2.75) is 25.8 Å². The topological polar surface area (TPSA) is 33.7 Å². The molecule has 5 heteroatoms. The van der Waals surface area contributed by atoms with Gasteiger partial charge in [0.25, 0.3) is 0 Å². The first-order valence-corrected chi connectivity index (χ1v) is 7.15. The Bertz CT molecular complexity index is 473. The highest BCUT2D eigenvalue weighted by Gasteiger charge is 2.15. The van der Waals surface area contributed by atoms with Crippen molar-refractivity contribution in [2.75, 3.05) is 19.9 Å². The summed E-state index contributed by atoms with van der Waals surface area (Å²) in [5.74, 6) is 1.64. The molecule has 1 aromatic rings. The average Bonchev–Trinajstić information content (AvgIpc) is 2.93. The predicted molar refractivity (Wildman–Crippen MR) is 77.4 cm³/mol. The fourth-order valence-electron chi connectivity index (χ4n) is 2.44. The van der Waals surface area contributed by atoms with Crippen LogP contribution < -0.4 is 14.8 Å². The number of ether oxygens (including phenoxy) is 2. The highest BCUT2D eigenvalue weighted by molar-refractivity contribution is 7.80. The molecule has 3 rings (SSSR count). The Kier molecular flexibility index (Phi) is 3.73. The van der Waals surface area contributed by atoms with Gasteiger partial charge in [0.1, 0.15) is 0 Å². The van der Waals surface area contributed by atoms with Crippen LogP contribution in [0.1, 0.15) is 24.8 Å². The van der Waals surface area contributed by atoms with E-state index in [4.69, 9.17) is 21.7 Å². The molecule has 1 aromatic carbocycles. The van der Waals surface area contributed by atoms with E-state index >= 15 is 0 Å². The van der Waals surface area contributed by atoms with Gasteiger partial charge in [-0.05, 0) is 49.2 Å². The molecule has 4 nitrogen and oxygen atoms in total. The number of rotatable bonds is 2. The van der Waals surface area contributed by atoms with E-state index in [1.165, 1.54) is 19.3 Å². The predicted octanol–water partition coefficient (Wildman–Crippen LogP) is 2.28. The minimum atomic E-state index is 0.318. The molecule has 19 heavy (non-hydrogen) atoms. The second-order valence-electron chi connectivity index (χ2n) is 4.89. The SMILES string of the molecule is S=C(NCc1ccc2c(c1)OCO2)N1CCCCC1. The van der Waals surface area contributed by atoms with Crippen LogP contribution in [-0.2, 0) is 6.54 Å². The van der Waals surface area contributed by atoms with Gasteiger partial charge in [0, 0.05) is 19.6 Å². The molecule has 2 heterocycles. The van der Waals surface area contributed by atoms with Crippen LogP contribution >= 0.6 is 12.2 Å². The van der Waals surface area contributed by atoms with E-state index < -0.39 is 0 Å². The van der Waals surface area contributed by atoms with E-state index in [0.29, 0.717) is 6.79 Å². The number of hydrogen-bond acceptors (Lipinski definition) is 3. The molecule has 0 atom stereocenters. The maximum Gasteiger partial charge on any atom is 0.231 e. The van der Waals surface area contributed by atoms with Crippen LogP contribution in [0.5, 0.6) is 11.5 Å². The van der Waals surface area contributed by atoms with Crippen molar-refractivity contribution in [1.29, 1.82) is 0 Å². The van der Waals surface area contributed by atoms with Gasteiger partial charge in [-0.15, -0.1) is 0 Å². The normalized spacial score (nSPS) is 17.4. The van der Waals surface area contributed by atoms with Crippen molar-refractivity contribution in [2.24, 2.45) is 0 Å². The second-order valence-corrected chi connectivity index (χ2v) is 5.28. The second kappa shape index (κ2) is 5.65. The molecule has 1 saturated heterocycles. The molecule has 0 saturated carbocycles. The summed E-state index contributed by atoms with van der Waals surface area (Å²) in [4.78, 5) is 2.26. The van der Waals surface area contributed by atoms with Crippen molar-refractivity contribution >= 4 is 17.3 Å². The Morgan fingerprint density at radius 1 is 1.16 bits per heavy atom. The molecule has 0 aliphatic carbocycles. The van der Waals surface area contributed by atoms with Crippen LogP contribution in [0.2, 0.25) is 0 Å². The third-order valence-electron chi connectivity index (χ3n) is 3.52. The van der Waals surface area contributed by atoms with Gasteiger partial charge in [-0.2, -0.15) is 0 Å². The Morgan fingerprint density at radius 3 is 2.79 bits per heavy atom. The number of hydrogen-bond donors (Lipinski definition) is 1. The molecule has 0 radical (unpaired) electrons. The van der Waals surface area contributed by atoms with Crippen LogP contribution in [0.25, 0.3) is 0 Å². The zero-order valence-corrected chi connectivity index (χ0v) is 11.7. The van der Waals surface area contributed by atoms with Crippen molar-refractivity contribution in [3.8, 4) is 11.5 Å². The van der Waals surface area contributed by atoms with Gasteiger partial charge in [0.2, 0.25) is 6.79 Å². The maximum atomic E-state index is 5.43. The minimum absolute atomic E-state index is 0.318. The number of fused-ring (bicyclic) bond motifs is 1. The zero-order valence-electron chi connectivity index (χ0n) is 10.9. The third-order valence-corrected chi connectivity index (χ3v) is 3.93. The summed E-state index contributed by atoms with van der Waals surface area (Å²) >= 11 is 5.43. The molecule has 1 N–H and O–H groups in total. The lowest BCUT2D eigenvalue weighted by Gasteiger charge is -2.29. The molecule has 0 spiro atoms. The fraction of sp³-hybridized carbons (Fsp3) is 0.500. The van der Waals surface area contributed by atoms with Gasteiger partial charge in [0.05, 0.1) is 0 Å². The first kappa shape index (κ1) is 12.5. The first-order valence-electron chi connectivity index (χ1n) is 6.74. The number of thiocarbonyl (C=S) groups is 1. The van der Waals surface area contributed by atoms with Gasteiger partial charge in [-0.25, -0.2) is 0 Å². The van der Waals surface area contributed by atoms with Crippen LogP contribution in [0.15, 0.2) is 18.2 Å². The average molecular weight is 278 g/mol. The van der Waals surface area contributed by atoms with Crippen molar-refractivity contribution < 1.29 is 9.47 Å². The lowest BCUT2D eigenvalue weighted by Crippen LogP contribution is -2.42. The van der Waals surface area contributed by atoms with E-state index in [9.17, 15) is 0 Å². The Hall–Kier alpha value is -1.49. The highest BCUT2D eigenvalue weighted by atomic mass is 32.1. The summed E-state index contributed by atoms with van der Waals surface area (Å²) in [5, 5.41) is 4.18. The van der Waals surface area contributed by atoms with Gasteiger partial charge < -0.3 is 19.7 Å². The van der Waals surface area contributed by atoms with Crippen LogP contribution in [0, 0.1) is 0 Å². The van der Waals surface area contributed by atoms with E-state index in [1.807, 2.05) is 18.2 Å². The smallest absolute Gasteiger partial charge is 0.231 e. The largest absolute Gasteiger partial charge is 0.454 e. The van der Waals surface area contributed by atoms with Gasteiger partial charge in [0.15, 0.2) is 16.6 Å². The molecule has 2 aliphatic heterocycles. The third kappa shape index (κ3) is 2.92. The van der Waals surface area contributed by atoms with Crippen LogP contribution in [0.4, 0.5) is 0 Å². The summed E-state index contributed by atoms with van der Waals surface area (Å²) in [6.07, 6.45) is 3.80. The van der Waals surface area contributed by atoms with E-state index in [-0.39, 0.29) is 0 Å². The monoisotopic (exact) mass is 278 g/mol.